The summed E-state index contributed by atoms with van der Waals surface area (Å²) >= 11 is 0. The van der Waals surface area contributed by atoms with Gasteiger partial charge in [-0.15, -0.1) is 11.8 Å². The smallest absolute Gasteiger partial charge is 0.0362 e. The third-order valence-electron chi connectivity index (χ3n) is 4.94. The van der Waals surface area contributed by atoms with Crippen LogP contribution in [0, 0.1) is 11.8 Å². The molecule has 2 aliphatic rings. The predicted molar refractivity (Wildman–Crippen MR) is 77.5 cm³/mol. The molecule has 102 valence electrons. The molecular weight excluding hydrogens is 220 g/mol. The molecule has 1 saturated carbocycles. The summed E-state index contributed by atoms with van der Waals surface area (Å²) in [4.78, 5) is 2.79. The molecule has 0 bridgehead atoms. The Bertz CT molecular complexity index is 301. The zero-order valence-electron chi connectivity index (χ0n) is 12.1. The normalized spacial score (nSPS) is 24.8. The molecule has 2 rings (SSSR count). The van der Waals surface area contributed by atoms with Crippen LogP contribution in [0.2, 0.25) is 0 Å². The predicted octanol–water partition coefficient (Wildman–Crippen LogP) is 2.79. The lowest BCUT2D eigenvalue weighted by molar-refractivity contribution is 0.0768. The Morgan fingerprint density at radius 1 is 1.17 bits per heavy atom. The summed E-state index contributed by atoms with van der Waals surface area (Å²) in [5, 5.41) is 3.61. The van der Waals surface area contributed by atoms with E-state index in [1.165, 1.54) is 58.0 Å². The molecule has 0 aromatic rings. The second-order valence-corrected chi connectivity index (χ2v) is 5.81. The molecule has 1 aliphatic carbocycles. The van der Waals surface area contributed by atoms with Gasteiger partial charge in [0, 0.05) is 18.0 Å². The molecule has 0 aromatic heterocycles. The van der Waals surface area contributed by atoms with Crippen molar-refractivity contribution in [2.75, 3.05) is 20.1 Å². The second-order valence-electron chi connectivity index (χ2n) is 5.81. The summed E-state index contributed by atoms with van der Waals surface area (Å²) in [6.07, 6.45) is 10.6. The van der Waals surface area contributed by atoms with E-state index in [9.17, 15) is 0 Å². The number of nitrogens with zero attached hydrogens (tertiary/aromatic N) is 1. The maximum Gasteiger partial charge on any atom is 0.0362 e. The first-order chi connectivity index (χ1) is 8.83. The fraction of sp³-hybridized carbons (Fsp3) is 0.875. The van der Waals surface area contributed by atoms with Crippen LogP contribution >= 0.6 is 0 Å². The summed E-state index contributed by atoms with van der Waals surface area (Å²) in [6.45, 7) is 4.58. The lowest BCUT2D eigenvalue weighted by Crippen LogP contribution is -2.58. The van der Waals surface area contributed by atoms with E-state index in [0.29, 0.717) is 11.6 Å². The highest BCUT2D eigenvalue weighted by molar-refractivity contribution is 5.06. The van der Waals surface area contributed by atoms with E-state index in [-0.39, 0.29) is 0 Å². The Labute approximate surface area is 113 Å². The zero-order valence-corrected chi connectivity index (χ0v) is 12.1. The van der Waals surface area contributed by atoms with E-state index in [1.54, 1.807) is 0 Å². The standard InChI is InChI=1S/C16H28N2/c1-3-4-5-10-15(17-2)16(11-6-7-12-16)18-13-8-9-14-18/h15,17H,5-14H2,1-2H3. The SMILES string of the molecule is CC#CCCC(NC)C1(N2CCCC2)CCCC1. The van der Waals surface area contributed by atoms with Gasteiger partial charge in [-0.2, -0.15) is 0 Å². The first kappa shape index (κ1) is 13.9. The highest BCUT2D eigenvalue weighted by Gasteiger charge is 2.45. The van der Waals surface area contributed by atoms with E-state index in [1.807, 2.05) is 6.92 Å². The van der Waals surface area contributed by atoms with Gasteiger partial charge in [0.05, 0.1) is 0 Å². The number of hydrogen-bond donors (Lipinski definition) is 1. The van der Waals surface area contributed by atoms with Crippen LogP contribution in [0.1, 0.15) is 58.3 Å². The van der Waals surface area contributed by atoms with Crippen molar-refractivity contribution in [3.05, 3.63) is 0 Å². The van der Waals surface area contributed by atoms with Crippen LogP contribution < -0.4 is 5.32 Å². The topological polar surface area (TPSA) is 15.3 Å². The van der Waals surface area contributed by atoms with Gasteiger partial charge in [0.25, 0.3) is 0 Å². The van der Waals surface area contributed by atoms with Gasteiger partial charge >= 0.3 is 0 Å². The highest BCUT2D eigenvalue weighted by atomic mass is 15.2. The van der Waals surface area contributed by atoms with Crippen molar-refractivity contribution >= 4 is 0 Å². The van der Waals surface area contributed by atoms with Crippen LogP contribution in [0.15, 0.2) is 0 Å². The van der Waals surface area contributed by atoms with Gasteiger partial charge in [-0.25, -0.2) is 0 Å². The Hall–Kier alpha value is -0.520. The fourth-order valence-corrected chi connectivity index (χ4v) is 4.06. The summed E-state index contributed by atoms with van der Waals surface area (Å²) in [5.74, 6) is 6.26. The molecule has 2 nitrogen and oxygen atoms in total. The minimum absolute atomic E-state index is 0.445. The summed E-state index contributed by atoms with van der Waals surface area (Å²) in [7, 11) is 2.14. The highest BCUT2D eigenvalue weighted by Crippen LogP contribution is 2.41. The molecule has 1 saturated heterocycles. The number of hydrogen-bond acceptors (Lipinski definition) is 2. The maximum atomic E-state index is 3.61. The lowest BCUT2D eigenvalue weighted by atomic mass is 9.83. The molecule has 1 N–H and O–H groups in total. The van der Waals surface area contributed by atoms with Gasteiger partial charge in [-0.05, 0) is 59.2 Å². The third kappa shape index (κ3) is 2.73. The minimum Gasteiger partial charge on any atom is -0.315 e. The monoisotopic (exact) mass is 248 g/mol. The molecular formula is C16H28N2. The molecule has 0 amide bonds. The molecule has 1 unspecified atom stereocenters. The molecule has 1 atom stereocenters. The van der Waals surface area contributed by atoms with E-state index >= 15 is 0 Å². The van der Waals surface area contributed by atoms with Crippen molar-refractivity contribution < 1.29 is 0 Å². The van der Waals surface area contributed by atoms with Crippen molar-refractivity contribution in [3.63, 3.8) is 0 Å². The van der Waals surface area contributed by atoms with Crippen molar-refractivity contribution in [3.8, 4) is 11.8 Å². The van der Waals surface area contributed by atoms with Crippen LogP contribution in [-0.2, 0) is 0 Å². The van der Waals surface area contributed by atoms with Crippen molar-refractivity contribution in [1.82, 2.24) is 10.2 Å². The van der Waals surface area contributed by atoms with Crippen LogP contribution in [0.25, 0.3) is 0 Å². The Kier molecular flexibility index (Phi) is 5.09. The molecule has 0 aromatic carbocycles. The van der Waals surface area contributed by atoms with Crippen LogP contribution in [0.5, 0.6) is 0 Å². The van der Waals surface area contributed by atoms with Crippen molar-refractivity contribution in [2.24, 2.45) is 0 Å². The fourth-order valence-electron chi connectivity index (χ4n) is 4.06. The molecule has 1 aliphatic heterocycles. The number of nitrogens with one attached hydrogen (secondary N) is 1. The Morgan fingerprint density at radius 3 is 2.39 bits per heavy atom. The minimum atomic E-state index is 0.445. The van der Waals surface area contributed by atoms with E-state index in [2.05, 4.69) is 29.1 Å². The van der Waals surface area contributed by atoms with Crippen LogP contribution in [0.3, 0.4) is 0 Å². The van der Waals surface area contributed by atoms with Gasteiger partial charge in [-0.1, -0.05) is 12.8 Å². The average molecular weight is 248 g/mol. The van der Waals surface area contributed by atoms with Gasteiger partial charge in [0.1, 0.15) is 0 Å². The van der Waals surface area contributed by atoms with Crippen molar-refractivity contribution in [1.29, 1.82) is 0 Å². The first-order valence-corrected chi connectivity index (χ1v) is 7.65. The lowest BCUT2D eigenvalue weighted by Gasteiger charge is -2.45. The molecule has 2 fully saturated rings. The van der Waals surface area contributed by atoms with E-state index in [4.69, 9.17) is 0 Å². The number of likely N-dealkylation sites (N-methyl/N-ethyl adjacent to an activating group) is 1. The van der Waals surface area contributed by atoms with Gasteiger partial charge in [-0.3, -0.25) is 4.90 Å². The molecule has 1 heterocycles. The quantitative estimate of drug-likeness (QED) is 0.753. The molecule has 0 spiro atoms. The molecule has 0 radical (unpaired) electrons. The molecule has 18 heavy (non-hydrogen) atoms. The van der Waals surface area contributed by atoms with Gasteiger partial charge in [0.2, 0.25) is 0 Å². The van der Waals surface area contributed by atoms with Gasteiger partial charge < -0.3 is 5.32 Å². The first-order valence-electron chi connectivity index (χ1n) is 7.65. The second kappa shape index (κ2) is 6.59. The largest absolute Gasteiger partial charge is 0.315 e. The summed E-state index contributed by atoms with van der Waals surface area (Å²) in [5.41, 5.74) is 0.445. The Balaban J connectivity index is 2.07. The van der Waals surface area contributed by atoms with Gasteiger partial charge in [0.15, 0.2) is 0 Å². The maximum absolute atomic E-state index is 3.61. The zero-order chi connectivity index (χ0) is 12.8. The van der Waals surface area contributed by atoms with E-state index in [0.717, 1.165) is 6.42 Å². The summed E-state index contributed by atoms with van der Waals surface area (Å²) in [6, 6.07) is 0.624. The Morgan fingerprint density at radius 2 is 1.83 bits per heavy atom. The van der Waals surface area contributed by atoms with Crippen LogP contribution in [0.4, 0.5) is 0 Å². The summed E-state index contributed by atoms with van der Waals surface area (Å²) < 4.78 is 0. The molecule has 2 heteroatoms. The van der Waals surface area contributed by atoms with E-state index < -0.39 is 0 Å². The van der Waals surface area contributed by atoms with Crippen LogP contribution in [-0.4, -0.2) is 36.6 Å². The number of likely N-dealkylation sites (tertiary alicyclic amines) is 1. The van der Waals surface area contributed by atoms with Crippen molar-refractivity contribution in [2.45, 2.75) is 69.9 Å². The third-order valence-corrected chi connectivity index (χ3v) is 4.94. The number of rotatable bonds is 5. The average Bonchev–Trinajstić information content (AvgIpc) is 3.05.